The van der Waals surface area contributed by atoms with Gasteiger partial charge in [-0.25, -0.2) is 0 Å². The largest absolute Gasteiger partial charge is 0.393 e. The Morgan fingerprint density at radius 2 is 1.31 bits per heavy atom. The maximum absolute atomic E-state index is 9.21. The number of aliphatic hydroxyl groups is 1. The molecule has 0 aromatic carbocycles. The Bertz CT molecular complexity index is 335. The molecule has 1 aliphatic heterocycles. The van der Waals surface area contributed by atoms with Crippen LogP contribution in [0.5, 0.6) is 0 Å². The van der Waals surface area contributed by atoms with E-state index in [0.29, 0.717) is 43.5 Å². The van der Waals surface area contributed by atoms with Gasteiger partial charge in [-0.05, 0) is 45.4 Å². The predicted molar refractivity (Wildman–Crippen MR) is 107 cm³/mol. The molecule has 0 amide bonds. The summed E-state index contributed by atoms with van der Waals surface area (Å²) in [4.78, 5) is 2.42. The van der Waals surface area contributed by atoms with Crippen LogP contribution in [0.4, 0.5) is 0 Å². The van der Waals surface area contributed by atoms with Crippen LogP contribution >= 0.6 is 0 Å². The van der Waals surface area contributed by atoms with Crippen molar-refractivity contribution in [3.63, 3.8) is 0 Å². The second kappa shape index (κ2) is 13.1. The summed E-state index contributed by atoms with van der Waals surface area (Å²) in [7, 11) is 0. The summed E-state index contributed by atoms with van der Waals surface area (Å²) in [6.07, 6.45) is 4.85. The second-order valence-corrected chi connectivity index (χ2v) is 7.45. The van der Waals surface area contributed by atoms with E-state index in [0.717, 1.165) is 45.4 Å². The van der Waals surface area contributed by atoms with Gasteiger partial charge in [-0.1, -0.05) is 27.7 Å². The summed E-state index contributed by atoms with van der Waals surface area (Å²) >= 11 is 0. The van der Waals surface area contributed by atoms with Crippen LogP contribution in [0.3, 0.4) is 0 Å². The summed E-state index contributed by atoms with van der Waals surface area (Å²) in [5.41, 5.74) is 0. The van der Waals surface area contributed by atoms with Gasteiger partial charge in [0, 0.05) is 25.7 Å². The van der Waals surface area contributed by atoms with Crippen molar-refractivity contribution in [3.8, 4) is 0 Å². The molecule has 0 bridgehead atoms. The number of rotatable bonds is 9. The molecule has 26 heavy (non-hydrogen) atoms. The molecule has 5 heteroatoms. The van der Waals surface area contributed by atoms with E-state index in [2.05, 4.69) is 18.7 Å². The molecule has 0 aromatic heterocycles. The minimum absolute atomic E-state index is 0.120. The van der Waals surface area contributed by atoms with Crippen LogP contribution in [0.15, 0.2) is 0 Å². The molecule has 1 saturated heterocycles. The van der Waals surface area contributed by atoms with Crippen molar-refractivity contribution < 1.29 is 19.3 Å². The smallest absolute Gasteiger partial charge is 0.0830 e. The molecule has 0 atom stereocenters. The van der Waals surface area contributed by atoms with E-state index < -0.39 is 0 Å². The highest BCUT2D eigenvalue weighted by Crippen LogP contribution is 2.32. The molecular weight excluding hydrogens is 330 g/mol. The standard InChI is InChI=1S/C17H31NO4.2C2H6/c1-12(2)18-9-17(10-18)21-4-3-20-15-5-13(6-15)11-22-16-7-14(19)8-16;2*1-2/h12-17,19H,3-11H2,1-2H3;2*1-2H3. The van der Waals surface area contributed by atoms with Crippen LogP contribution in [0, 0.1) is 5.92 Å². The summed E-state index contributed by atoms with van der Waals surface area (Å²) in [6, 6.07) is 0.633. The third kappa shape index (κ3) is 7.81. The number of aliphatic hydroxyl groups excluding tert-OH is 1. The van der Waals surface area contributed by atoms with Crippen molar-refractivity contribution in [3.05, 3.63) is 0 Å². The molecule has 3 fully saturated rings. The van der Waals surface area contributed by atoms with Gasteiger partial charge in [0.15, 0.2) is 0 Å². The predicted octanol–water partition coefficient (Wildman–Crippen LogP) is 3.48. The number of nitrogens with zero attached hydrogens (tertiary/aromatic N) is 1. The van der Waals surface area contributed by atoms with Gasteiger partial charge < -0.3 is 19.3 Å². The number of hydrogen-bond donors (Lipinski definition) is 1. The van der Waals surface area contributed by atoms with Crippen LogP contribution in [0.2, 0.25) is 0 Å². The Hall–Kier alpha value is -0.200. The van der Waals surface area contributed by atoms with Crippen LogP contribution < -0.4 is 0 Å². The molecular formula is C21H43NO4. The zero-order valence-corrected chi connectivity index (χ0v) is 17.9. The number of ether oxygens (including phenoxy) is 3. The first-order valence-corrected chi connectivity index (χ1v) is 10.9. The van der Waals surface area contributed by atoms with Crippen molar-refractivity contribution in [2.45, 2.75) is 97.7 Å². The fraction of sp³-hybridized carbons (Fsp3) is 1.00. The molecule has 156 valence electrons. The molecule has 3 aliphatic rings. The van der Waals surface area contributed by atoms with E-state index in [1.807, 2.05) is 27.7 Å². The zero-order valence-electron chi connectivity index (χ0n) is 17.9. The minimum atomic E-state index is -0.120. The zero-order chi connectivity index (χ0) is 19.5. The van der Waals surface area contributed by atoms with Crippen LogP contribution in [0.25, 0.3) is 0 Å². The van der Waals surface area contributed by atoms with E-state index in [-0.39, 0.29) is 6.10 Å². The Morgan fingerprint density at radius 1 is 0.808 bits per heavy atom. The first-order valence-electron chi connectivity index (χ1n) is 10.9. The van der Waals surface area contributed by atoms with Gasteiger partial charge in [-0.3, -0.25) is 4.90 Å². The van der Waals surface area contributed by atoms with Gasteiger partial charge in [0.05, 0.1) is 37.6 Å². The summed E-state index contributed by atoms with van der Waals surface area (Å²) in [6.45, 7) is 16.8. The average Bonchev–Trinajstić information content (AvgIpc) is 2.55. The molecule has 1 N–H and O–H groups in total. The Kier molecular flexibility index (Phi) is 12.0. The van der Waals surface area contributed by atoms with Crippen LogP contribution in [-0.4, -0.2) is 73.4 Å². The van der Waals surface area contributed by atoms with Crippen molar-refractivity contribution >= 4 is 0 Å². The van der Waals surface area contributed by atoms with Crippen molar-refractivity contribution in [1.29, 1.82) is 0 Å². The lowest BCUT2D eigenvalue weighted by molar-refractivity contribution is -0.123. The number of hydrogen-bond acceptors (Lipinski definition) is 5. The van der Waals surface area contributed by atoms with Gasteiger partial charge in [0.2, 0.25) is 0 Å². The van der Waals surface area contributed by atoms with Crippen molar-refractivity contribution in [2.75, 3.05) is 32.9 Å². The van der Waals surface area contributed by atoms with Crippen LogP contribution in [-0.2, 0) is 14.2 Å². The van der Waals surface area contributed by atoms with E-state index >= 15 is 0 Å². The van der Waals surface area contributed by atoms with Gasteiger partial charge in [-0.2, -0.15) is 0 Å². The number of likely N-dealkylation sites (tertiary alicyclic amines) is 1. The lowest BCUT2D eigenvalue weighted by Gasteiger charge is -2.42. The summed E-state index contributed by atoms with van der Waals surface area (Å²) in [5.74, 6) is 0.648. The quantitative estimate of drug-likeness (QED) is 0.627. The lowest BCUT2D eigenvalue weighted by atomic mass is 9.82. The molecule has 1 heterocycles. The monoisotopic (exact) mass is 373 g/mol. The van der Waals surface area contributed by atoms with E-state index in [9.17, 15) is 5.11 Å². The fourth-order valence-corrected chi connectivity index (χ4v) is 3.32. The van der Waals surface area contributed by atoms with Gasteiger partial charge in [0.1, 0.15) is 0 Å². The second-order valence-electron chi connectivity index (χ2n) is 7.45. The highest BCUT2D eigenvalue weighted by Gasteiger charge is 2.33. The summed E-state index contributed by atoms with van der Waals surface area (Å²) in [5, 5.41) is 9.21. The molecule has 0 unspecified atom stereocenters. The van der Waals surface area contributed by atoms with E-state index in [1.165, 1.54) is 0 Å². The highest BCUT2D eigenvalue weighted by atomic mass is 16.5. The van der Waals surface area contributed by atoms with Gasteiger partial charge in [-0.15, -0.1) is 0 Å². The third-order valence-electron chi connectivity index (χ3n) is 5.23. The molecule has 0 aromatic rings. The molecule has 2 aliphatic carbocycles. The summed E-state index contributed by atoms with van der Waals surface area (Å²) < 4.78 is 17.4. The maximum atomic E-state index is 9.21. The first kappa shape index (κ1) is 23.8. The topological polar surface area (TPSA) is 51.2 Å². The van der Waals surface area contributed by atoms with Crippen molar-refractivity contribution in [2.24, 2.45) is 5.92 Å². The molecule has 2 saturated carbocycles. The average molecular weight is 374 g/mol. The Balaban J connectivity index is 0.000000791. The lowest BCUT2D eigenvalue weighted by Crippen LogP contribution is -2.55. The molecule has 5 nitrogen and oxygen atoms in total. The molecule has 0 spiro atoms. The molecule has 3 rings (SSSR count). The van der Waals surface area contributed by atoms with Crippen molar-refractivity contribution in [1.82, 2.24) is 4.90 Å². The SMILES string of the molecule is CC.CC.CC(C)N1CC(OCCOC2CC(COC3CC(O)C3)C2)C1. The molecule has 0 radical (unpaired) electrons. The minimum Gasteiger partial charge on any atom is -0.393 e. The highest BCUT2D eigenvalue weighted by molar-refractivity contribution is 4.84. The van der Waals surface area contributed by atoms with E-state index in [1.54, 1.807) is 0 Å². The van der Waals surface area contributed by atoms with Gasteiger partial charge >= 0.3 is 0 Å². The Morgan fingerprint density at radius 3 is 1.81 bits per heavy atom. The fourth-order valence-electron chi connectivity index (χ4n) is 3.32. The third-order valence-corrected chi connectivity index (χ3v) is 5.23. The maximum Gasteiger partial charge on any atom is 0.0830 e. The Labute approximate surface area is 161 Å². The normalized spacial score (nSPS) is 30.9. The van der Waals surface area contributed by atoms with E-state index in [4.69, 9.17) is 14.2 Å². The first-order chi connectivity index (χ1) is 12.6. The van der Waals surface area contributed by atoms with Crippen LogP contribution in [0.1, 0.15) is 67.2 Å². The van der Waals surface area contributed by atoms with Gasteiger partial charge in [0.25, 0.3) is 0 Å².